The Kier molecular flexibility index (Phi) is 7.89. The molecule has 0 saturated carbocycles. The fourth-order valence-electron chi connectivity index (χ4n) is 4.55. The third-order valence-corrected chi connectivity index (χ3v) is 6.68. The number of carbonyl (C=O) groups excluding carboxylic acids is 1. The van der Waals surface area contributed by atoms with Gasteiger partial charge in [-0.3, -0.25) is 0 Å². The van der Waals surface area contributed by atoms with Crippen molar-refractivity contribution in [1.29, 1.82) is 0 Å². The lowest BCUT2D eigenvalue weighted by molar-refractivity contribution is -0.325. The lowest BCUT2D eigenvalue weighted by atomic mass is 9.77. The number of benzene rings is 2. The van der Waals surface area contributed by atoms with Crippen molar-refractivity contribution in [2.75, 3.05) is 32.4 Å². The highest BCUT2D eigenvalue weighted by Crippen LogP contribution is 2.47. The summed E-state index contributed by atoms with van der Waals surface area (Å²) in [5.74, 6) is -1.02. The van der Waals surface area contributed by atoms with Gasteiger partial charge in [-0.25, -0.2) is 9.78 Å². The van der Waals surface area contributed by atoms with Gasteiger partial charge >= 0.3 is 12.0 Å². The maximum absolute atomic E-state index is 13.8. The van der Waals surface area contributed by atoms with E-state index in [-0.39, 0.29) is 28.6 Å². The molecule has 1 aromatic heterocycles. The fraction of sp³-hybridized carbons (Fsp3) is 0.400. The van der Waals surface area contributed by atoms with Gasteiger partial charge < -0.3 is 60.9 Å². The summed E-state index contributed by atoms with van der Waals surface area (Å²) in [6.07, 6.45) is -7.11. The molecule has 0 spiro atoms. The Morgan fingerprint density at radius 2 is 1.75 bits per heavy atom. The highest BCUT2D eigenvalue weighted by molar-refractivity contribution is 5.87. The van der Waals surface area contributed by atoms with Crippen LogP contribution < -0.4 is 35.7 Å². The molecular weight excluding hydrogens is 530 g/mol. The van der Waals surface area contributed by atoms with Gasteiger partial charge in [-0.05, 0) is 13.0 Å². The molecule has 4 rings (SSSR count). The van der Waals surface area contributed by atoms with E-state index in [4.69, 9.17) is 35.2 Å². The largest absolute Gasteiger partial charge is 0.493 e. The van der Waals surface area contributed by atoms with Crippen LogP contribution in [-0.2, 0) is 9.53 Å². The number of methoxy groups -OCH3 is 3. The van der Waals surface area contributed by atoms with Crippen molar-refractivity contribution in [3.63, 3.8) is 0 Å². The van der Waals surface area contributed by atoms with E-state index in [1.54, 1.807) is 24.3 Å². The van der Waals surface area contributed by atoms with Crippen molar-refractivity contribution in [2.24, 2.45) is 5.73 Å². The third-order valence-electron chi connectivity index (χ3n) is 6.68. The number of hydrogen-bond donors (Lipinski definition) is 7. The number of aliphatic hydroxyl groups excluding tert-OH is 4. The molecule has 216 valence electrons. The molecule has 0 amide bonds. The molecular formula is C25H31N5O10. The molecule has 0 bridgehead atoms. The Bertz CT molecular complexity index is 1410. The van der Waals surface area contributed by atoms with Crippen molar-refractivity contribution >= 4 is 28.2 Å². The summed E-state index contributed by atoms with van der Waals surface area (Å²) in [6, 6.07) is 7.83. The number of anilines is 2. The number of ether oxygens (including phenoxy) is 5. The van der Waals surface area contributed by atoms with Crippen molar-refractivity contribution < 1.29 is 48.9 Å². The topological polar surface area (TPSA) is 234 Å². The number of aliphatic hydroxyl groups is 4. The highest BCUT2D eigenvalue weighted by atomic mass is 16.7. The quantitative estimate of drug-likeness (QED) is 0.100. The van der Waals surface area contributed by atoms with Gasteiger partial charge in [0.15, 0.2) is 17.8 Å². The molecule has 2 heterocycles. The normalized spacial score (nSPS) is 26.0. The number of aromatic nitrogens is 2. The molecule has 6 unspecified atom stereocenters. The summed E-state index contributed by atoms with van der Waals surface area (Å²) in [6.45, 7) is 1.21. The van der Waals surface area contributed by atoms with Crippen LogP contribution in [0.2, 0.25) is 0 Å². The first-order valence-electron chi connectivity index (χ1n) is 11.9. The molecule has 3 aromatic rings. The molecule has 15 nitrogen and oxygen atoms in total. The highest BCUT2D eigenvalue weighted by Gasteiger charge is 2.67. The second-order valence-corrected chi connectivity index (χ2v) is 9.20. The van der Waals surface area contributed by atoms with Crippen LogP contribution in [0.15, 0.2) is 36.5 Å². The van der Waals surface area contributed by atoms with Gasteiger partial charge in [-0.1, -0.05) is 18.2 Å². The fourth-order valence-corrected chi connectivity index (χ4v) is 4.55. The first kappa shape index (κ1) is 29.0. The number of para-hydroxylation sites is 1. The van der Waals surface area contributed by atoms with Gasteiger partial charge in [-0.2, -0.15) is 4.98 Å². The van der Waals surface area contributed by atoms with E-state index in [1.807, 2.05) is 0 Å². The van der Waals surface area contributed by atoms with Crippen LogP contribution in [0, 0.1) is 0 Å². The zero-order valence-corrected chi connectivity index (χ0v) is 22.1. The van der Waals surface area contributed by atoms with Crippen LogP contribution in [0.25, 0.3) is 10.9 Å². The van der Waals surface area contributed by atoms with Crippen molar-refractivity contribution in [1.82, 2.24) is 9.97 Å². The number of nitrogens with two attached hydrogens (primary N) is 2. The van der Waals surface area contributed by atoms with Crippen LogP contribution >= 0.6 is 0 Å². The van der Waals surface area contributed by atoms with Crippen LogP contribution in [-0.4, -0.2) is 93.6 Å². The average Bonchev–Trinajstić information content (AvgIpc) is 2.94. The summed E-state index contributed by atoms with van der Waals surface area (Å²) in [7, 11) is 4.08. The van der Waals surface area contributed by atoms with Gasteiger partial charge in [0.1, 0.15) is 29.7 Å². The molecule has 40 heavy (non-hydrogen) atoms. The van der Waals surface area contributed by atoms with E-state index in [0.717, 1.165) is 0 Å². The Morgan fingerprint density at radius 1 is 1.07 bits per heavy atom. The monoisotopic (exact) mass is 561 g/mol. The molecule has 0 radical (unpaired) electrons. The smallest absolute Gasteiger partial charge is 0.353 e. The maximum Gasteiger partial charge on any atom is 0.353 e. The molecule has 6 atom stereocenters. The molecule has 1 fully saturated rings. The van der Waals surface area contributed by atoms with Gasteiger partial charge in [0.05, 0.1) is 32.5 Å². The number of carbonyl (C=O) groups is 1. The zero-order chi connectivity index (χ0) is 29.4. The molecule has 1 aliphatic heterocycles. The van der Waals surface area contributed by atoms with E-state index in [1.165, 1.54) is 40.5 Å². The van der Waals surface area contributed by atoms with E-state index in [9.17, 15) is 25.2 Å². The minimum atomic E-state index is -2.78. The first-order chi connectivity index (χ1) is 18.9. The third kappa shape index (κ3) is 4.68. The lowest BCUT2D eigenvalue weighted by Gasteiger charge is -2.52. The molecule has 15 heteroatoms. The maximum atomic E-state index is 13.8. The van der Waals surface area contributed by atoms with Gasteiger partial charge in [0.2, 0.25) is 11.4 Å². The Labute approximate surface area is 228 Å². The Balaban J connectivity index is 1.81. The SMILES string of the molecule is COc1cc(NC(C)(N)C2(C(=O)Oc3ncc4ccccc4n3)OC(O)C(O)C(O)C2O)c(N)c(OC)c1OC. The average molecular weight is 562 g/mol. The molecule has 1 saturated heterocycles. The summed E-state index contributed by atoms with van der Waals surface area (Å²) in [5.41, 5.74) is 8.27. The van der Waals surface area contributed by atoms with Crippen LogP contribution in [0.1, 0.15) is 6.92 Å². The summed E-state index contributed by atoms with van der Waals surface area (Å²) in [5, 5.41) is 45.7. The van der Waals surface area contributed by atoms with Crippen LogP contribution in [0.3, 0.4) is 0 Å². The Morgan fingerprint density at radius 3 is 2.40 bits per heavy atom. The molecule has 9 N–H and O–H groups in total. The summed E-state index contributed by atoms with van der Waals surface area (Å²) in [4.78, 5) is 22.0. The summed E-state index contributed by atoms with van der Waals surface area (Å²) < 4.78 is 26.9. The number of rotatable bonds is 8. The number of fused-ring (bicyclic) bond motifs is 1. The number of esters is 1. The van der Waals surface area contributed by atoms with Crippen molar-refractivity contribution in [3.8, 4) is 23.3 Å². The first-order valence-corrected chi connectivity index (χ1v) is 11.9. The molecule has 2 aromatic carbocycles. The lowest BCUT2D eigenvalue weighted by Crippen LogP contribution is -2.80. The van der Waals surface area contributed by atoms with Gasteiger partial charge in [0.25, 0.3) is 0 Å². The van der Waals surface area contributed by atoms with E-state index in [0.29, 0.717) is 10.9 Å². The van der Waals surface area contributed by atoms with E-state index in [2.05, 4.69) is 15.3 Å². The minimum Gasteiger partial charge on any atom is -0.493 e. The molecule has 0 aliphatic carbocycles. The standard InChI is InChI=1S/C25H31N5O10/c1-24(27,30-13-9-14(36-2)18(37-3)19(38-4)15(13)26)25(20(33)16(31)17(32)21(34)40-25)22(35)39-23-28-10-11-7-5-6-8-12(11)29-23/h5-10,16-17,20-21,30-34H,26-27H2,1-4H3. The molecule has 1 aliphatic rings. The van der Waals surface area contributed by atoms with Crippen LogP contribution in [0.5, 0.6) is 23.3 Å². The van der Waals surface area contributed by atoms with E-state index >= 15 is 0 Å². The van der Waals surface area contributed by atoms with E-state index < -0.39 is 47.8 Å². The number of hydrogen-bond acceptors (Lipinski definition) is 15. The van der Waals surface area contributed by atoms with Crippen molar-refractivity contribution in [3.05, 3.63) is 36.5 Å². The van der Waals surface area contributed by atoms with Gasteiger partial charge in [0, 0.05) is 17.6 Å². The summed E-state index contributed by atoms with van der Waals surface area (Å²) >= 11 is 0. The second kappa shape index (κ2) is 10.9. The van der Waals surface area contributed by atoms with Crippen molar-refractivity contribution in [2.45, 2.75) is 42.8 Å². The number of nitrogens with zero attached hydrogens (tertiary/aromatic N) is 2. The van der Waals surface area contributed by atoms with Crippen LogP contribution in [0.4, 0.5) is 11.4 Å². The number of nitrogens with one attached hydrogen (secondary N) is 1. The second-order valence-electron chi connectivity index (χ2n) is 9.20. The predicted octanol–water partition coefficient (Wildman–Crippen LogP) is -0.900. The minimum absolute atomic E-state index is 0.0273. The number of nitrogen functional groups attached to an aromatic ring is 1. The zero-order valence-electron chi connectivity index (χ0n) is 22.1. The van der Waals surface area contributed by atoms with Gasteiger partial charge in [-0.15, -0.1) is 0 Å². The Hall–Kier alpha value is -3.99. The predicted molar refractivity (Wildman–Crippen MR) is 140 cm³/mol.